The normalized spacial score (nSPS) is 17.3. The molecular weight excluding hydrogens is 306 g/mol. The van der Waals surface area contributed by atoms with Gasteiger partial charge >= 0.3 is 0 Å². The fourth-order valence-electron chi connectivity index (χ4n) is 3.43. The number of hydrogen-bond donors (Lipinski definition) is 1. The minimum atomic E-state index is -0.377. The van der Waals surface area contributed by atoms with Crippen LogP contribution < -0.4 is 5.73 Å². The quantitative estimate of drug-likeness (QED) is 0.911. The van der Waals surface area contributed by atoms with Crippen molar-refractivity contribution < 1.29 is 4.79 Å². The largest absolute Gasteiger partial charge is 0.338 e. The highest BCUT2D eigenvalue weighted by Gasteiger charge is 2.24. The Balaban J connectivity index is 1.57. The van der Waals surface area contributed by atoms with Crippen molar-refractivity contribution in [2.45, 2.75) is 51.1 Å². The van der Waals surface area contributed by atoms with Crippen LogP contribution >= 0.6 is 11.3 Å². The summed E-state index contributed by atoms with van der Waals surface area (Å²) in [6.07, 6.45) is 7.17. The fourth-order valence-corrected chi connectivity index (χ4v) is 4.46. The molecule has 1 aliphatic rings. The Bertz CT molecular complexity index is 630. The molecule has 3 rings (SSSR count). The topological polar surface area (TPSA) is 59.2 Å². The molecule has 124 valence electrons. The Kier molecular flexibility index (Phi) is 5.28. The van der Waals surface area contributed by atoms with Crippen LogP contribution in [0, 0.1) is 5.92 Å². The highest BCUT2D eigenvalue weighted by molar-refractivity contribution is 7.18. The van der Waals surface area contributed by atoms with E-state index in [0.29, 0.717) is 12.5 Å². The van der Waals surface area contributed by atoms with Gasteiger partial charge in [0.1, 0.15) is 5.01 Å². The molecule has 1 amide bonds. The number of carbonyl (C=O) groups is 1. The maximum Gasteiger partial charge on any atom is 0.239 e. The number of nitrogens with two attached hydrogens (primary N) is 1. The molecular formula is C18H25N3OS. The first-order chi connectivity index (χ1) is 11.1. The van der Waals surface area contributed by atoms with Crippen LogP contribution in [0.25, 0.3) is 10.2 Å². The number of amides is 1. The van der Waals surface area contributed by atoms with Gasteiger partial charge in [-0.2, -0.15) is 0 Å². The Morgan fingerprint density at radius 2 is 2.09 bits per heavy atom. The van der Waals surface area contributed by atoms with Crippen molar-refractivity contribution in [3.8, 4) is 0 Å². The van der Waals surface area contributed by atoms with E-state index < -0.39 is 0 Å². The summed E-state index contributed by atoms with van der Waals surface area (Å²) in [5.41, 5.74) is 7.17. The second-order valence-corrected chi connectivity index (χ2v) is 7.73. The Morgan fingerprint density at radius 3 is 2.83 bits per heavy atom. The molecule has 1 fully saturated rings. The smallest absolute Gasteiger partial charge is 0.239 e. The number of hydrogen-bond acceptors (Lipinski definition) is 4. The lowest BCUT2D eigenvalue weighted by atomic mass is 9.85. The van der Waals surface area contributed by atoms with Crippen LogP contribution in [0.4, 0.5) is 0 Å². The lowest BCUT2D eigenvalue weighted by Gasteiger charge is -2.26. The molecule has 1 aromatic carbocycles. The van der Waals surface area contributed by atoms with Crippen LogP contribution in [0.5, 0.6) is 0 Å². The zero-order valence-corrected chi connectivity index (χ0v) is 14.5. The molecule has 0 aliphatic heterocycles. The first-order valence-electron chi connectivity index (χ1n) is 8.48. The Hall–Kier alpha value is -1.46. The van der Waals surface area contributed by atoms with Crippen molar-refractivity contribution in [1.29, 1.82) is 0 Å². The zero-order chi connectivity index (χ0) is 16.2. The van der Waals surface area contributed by atoms with Crippen molar-refractivity contribution in [3.63, 3.8) is 0 Å². The summed E-state index contributed by atoms with van der Waals surface area (Å²) in [5, 5.41) is 0.965. The standard InChI is InChI=1S/C18H25N3OS/c1-21(12-17-20-15-9-5-6-10-16(15)23-17)18(22)14(19)11-13-7-3-2-4-8-13/h5-6,9-10,13-14H,2-4,7-8,11-12,19H2,1H3. The summed E-state index contributed by atoms with van der Waals surface area (Å²) in [6, 6.07) is 7.69. The molecule has 1 aromatic heterocycles. The number of carbonyl (C=O) groups excluding carboxylic acids is 1. The molecule has 1 aliphatic carbocycles. The van der Waals surface area contributed by atoms with E-state index >= 15 is 0 Å². The van der Waals surface area contributed by atoms with Crippen LogP contribution in [-0.4, -0.2) is 28.9 Å². The van der Waals surface area contributed by atoms with Gasteiger partial charge in [0.15, 0.2) is 0 Å². The summed E-state index contributed by atoms with van der Waals surface area (Å²) in [4.78, 5) is 18.8. The number of likely N-dealkylation sites (N-methyl/N-ethyl adjacent to an activating group) is 1. The molecule has 1 atom stereocenters. The van der Waals surface area contributed by atoms with Crippen molar-refractivity contribution in [2.75, 3.05) is 7.05 Å². The van der Waals surface area contributed by atoms with Gasteiger partial charge < -0.3 is 10.6 Å². The van der Waals surface area contributed by atoms with Gasteiger partial charge in [-0.3, -0.25) is 4.79 Å². The molecule has 0 spiro atoms. The van der Waals surface area contributed by atoms with E-state index in [2.05, 4.69) is 11.1 Å². The molecule has 2 aromatic rings. The maximum absolute atomic E-state index is 12.5. The van der Waals surface area contributed by atoms with Gasteiger partial charge in [-0.1, -0.05) is 44.2 Å². The van der Waals surface area contributed by atoms with Crippen molar-refractivity contribution in [1.82, 2.24) is 9.88 Å². The van der Waals surface area contributed by atoms with Gasteiger partial charge in [0.2, 0.25) is 5.91 Å². The van der Waals surface area contributed by atoms with Gasteiger partial charge in [0, 0.05) is 7.05 Å². The third-order valence-corrected chi connectivity index (χ3v) is 5.74. The van der Waals surface area contributed by atoms with Crippen molar-refractivity contribution in [2.24, 2.45) is 11.7 Å². The minimum Gasteiger partial charge on any atom is -0.338 e. The minimum absolute atomic E-state index is 0.0369. The van der Waals surface area contributed by atoms with Gasteiger partial charge in [-0.15, -0.1) is 11.3 Å². The van der Waals surface area contributed by atoms with Crippen molar-refractivity contribution in [3.05, 3.63) is 29.3 Å². The van der Waals surface area contributed by atoms with E-state index in [1.165, 1.54) is 32.1 Å². The molecule has 0 bridgehead atoms. The second-order valence-electron chi connectivity index (χ2n) is 6.62. The van der Waals surface area contributed by atoms with E-state index in [1.807, 2.05) is 25.2 Å². The summed E-state index contributed by atoms with van der Waals surface area (Å²) >= 11 is 1.64. The number of aromatic nitrogens is 1. The second kappa shape index (κ2) is 7.41. The fraction of sp³-hybridized carbons (Fsp3) is 0.556. The van der Waals surface area contributed by atoms with E-state index in [-0.39, 0.29) is 11.9 Å². The summed E-state index contributed by atoms with van der Waals surface area (Å²) in [6.45, 7) is 0.538. The van der Waals surface area contributed by atoms with Gasteiger partial charge in [-0.05, 0) is 24.5 Å². The maximum atomic E-state index is 12.5. The van der Waals surface area contributed by atoms with Crippen molar-refractivity contribution >= 4 is 27.5 Å². The van der Waals surface area contributed by atoms with E-state index in [4.69, 9.17) is 5.73 Å². The zero-order valence-electron chi connectivity index (χ0n) is 13.7. The number of para-hydroxylation sites is 1. The first kappa shape index (κ1) is 16.4. The van der Waals surface area contributed by atoms with Crippen LogP contribution in [0.2, 0.25) is 0 Å². The number of rotatable bonds is 5. The summed E-state index contributed by atoms with van der Waals surface area (Å²) in [7, 11) is 1.83. The van der Waals surface area contributed by atoms with Crippen LogP contribution in [0.15, 0.2) is 24.3 Å². The molecule has 4 nitrogen and oxygen atoms in total. The average Bonchev–Trinajstić information content (AvgIpc) is 2.97. The molecule has 23 heavy (non-hydrogen) atoms. The van der Waals surface area contributed by atoms with E-state index in [1.54, 1.807) is 16.2 Å². The SMILES string of the molecule is CN(Cc1nc2ccccc2s1)C(=O)C(N)CC1CCCCC1. The molecule has 5 heteroatoms. The predicted molar refractivity (Wildman–Crippen MR) is 95.3 cm³/mol. The number of fused-ring (bicyclic) bond motifs is 1. The summed E-state index contributed by atoms with van der Waals surface area (Å²) < 4.78 is 1.16. The summed E-state index contributed by atoms with van der Waals surface area (Å²) in [5.74, 6) is 0.661. The number of nitrogens with zero attached hydrogens (tertiary/aromatic N) is 2. The monoisotopic (exact) mass is 331 g/mol. The Labute approximate surface area is 141 Å². The lowest BCUT2D eigenvalue weighted by molar-refractivity contribution is -0.132. The predicted octanol–water partition coefficient (Wildman–Crippen LogP) is 3.55. The highest BCUT2D eigenvalue weighted by Crippen LogP contribution is 2.27. The molecule has 2 N–H and O–H groups in total. The number of thiazole rings is 1. The van der Waals surface area contributed by atoms with E-state index in [9.17, 15) is 4.79 Å². The molecule has 0 radical (unpaired) electrons. The van der Waals surface area contributed by atoms with Gasteiger partial charge in [-0.25, -0.2) is 4.98 Å². The Morgan fingerprint density at radius 1 is 1.35 bits per heavy atom. The molecule has 1 unspecified atom stereocenters. The highest BCUT2D eigenvalue weighted by atomic mass is 32.1. The molecule has 1 saturated carbocycles. The molecule has 1 heterocycles. The van der Waals surface area contributed by atoms with Crippen LogP contribution in [0.3, 0.4) is 0 Å². The molecule has 0 saturated heterocycles. The van der Waals surface area contributed by atoms with Crippen LogP contribution in [-0.2, 0) is 11.3 Å². The average molecular weight is 331 g/mol. The van der Waals surface area contributed by atoms with Gasteiger partial charge in [0.05, 0.1) is 22.8 Å². The van der Waals surface area contributed by atoms with Gasteiger partial charge in [0.25, 0.3) is 0 Å². The third-order valence-electron chi connectivity index (χ3n) is 4.72. The third kappa shape index (κ3) is 4.09. The first-order valence-corrected chi connectivity index (χ1v) is 9.30. The van der Waals surface area contributed by atoms with E-state index in [0.717, 1.165) is 21.6 Å². The number of benzene rings is 1. The van der Waals surface area contributed by atoms with Crippen LogP contribution in [0.1, 0.15) is 43.5 Å². The lowest BCUT2D eigenvalue weighted by Crippen LogP contribution is -2.42.